The van der Waals surface area contributed by atoms with Gasteiger partial charge in [-0.05, 0) is 19.1 Å². The Bertz CT molecular complexity index is 258. The average molecular weight is 156 g/mol. The summed E-state index contributed by atoms with van der Waals surface area (Å²) in [5, 5.41) is 17.3. The van der Waals surface area contributed by atoms with Gasteiger partial charge in [0.15, 0.2) is 6.29 Å². The molecule has 11 heavy (non-hydrogen) atoms. The molecule has 1 rings (SSSR count). The molecule has 0 heterocycles. The Kier molecular flexibility index (Phi) is 2.22. The minimum atomic E-state index is -1.73. The van der Waals surface area contributed by atoms with Crippen LogP contribution in [0.4, 0.5) is 4.39 Å². The zero-order valence-corrected chi connectivity index (χ0v) is 6.08. The number of benzene rings is 1. The Morgan fingerprint density at radius 2 is 2.00 bits per heavy atom. The van der Waals surface area contributed by atoms with E-state index in [0.29, 0.717) is 0 Å². The van der Waals surface area contributed by atoms with Gasteiger partial charge in [0.25, 0.3) is 0 Å². The highest BCUT2D eigenvalue weighted by atomic mass is 19.1. The van der Waals surface area contributed by atoms with Gasteiger partial charge >= 0.3 is 0 Å². The molecule has 60 valence electrons. The van der Waals surface area contributed by atoms with Gasteiger partial charge in [0.05, 0.1) is 0 Å². The summed E-state index contributed by atoms with van der Waals surface area (Å²) in [6.45, 7) is 1.76. The quantitative estimate of drug-likeness (QED) is 0.598. The van der Waals surface area contributed by atoms with E-state index in [2.05, 4.69) is 0 Å². The smallest absolute Gasteiger partial charge is 0.181 e. The summed E-state index contributed by atoms with van der Waals surface area (Å²) >= 11 is 0. The van der Waals surface area contributed by atoms with E-state index in [9.17, 15) is 4.39 Å². The van der Waals surface area contributed by atoms with Crippen molar-refractivity contribution in [1.29, 1.82) is 0 Å². The number of hydrogen-bond acceptors (Lipinski definition) is 2. The van der Waals surface area contributed by atoms with Gasteiger partial charge in [0.1, 0.15) is 5.82 Å². The number of aliphatic hydroxyl groups is 2. The van der Waals surface area contributed by atoms with Crippen LogP contribution in [0.1, 0.15) is 17.4 Å². The maximum atomic E-state index is 12.7. The SMILES string of the molecule is Cc1ccc(F)c(C(O)O)c1. The molecule has 3 heteroatoms. The van der Waals surface area contributed by atoms with Crippen molar-refractivity contribution < 1.29 is 14.6 Å². The van der Waals surface area contributed by atoms with E-state index < -0.39 is 12.1 Å². The third kappa shape index (κ3) is 1.76. The standard InChI is InChI=1S/C8H9FO2/c1-5-2-3-7(9)6(4-5)8(10)11/h2-4,8,10-11H,1H3. The lowest BCUT2D eigenvalue weighted by Crippen LogP contribution is -1.98. The summed E-state index contributed by atoms with van der Waals surface area (Å²) in [6.07, 6.45) is -1.73. The maximum absolute atomic E-state index is 12.7. The van der Waals surface area contributed by atoms with Gasteiger partial charge in [-0.2, -0.15) is 0 Å². The van der Waals surface area contributed by atoms with E-state index in [4.69, 9.17) is 10.2 Å². The topological polar surface area (TPSA) is 40.5 Å². The van der Waals surface area contributed by atoms with Crippen LogP contribution < -0.4 is 0 Å². The van der Waals surface area contributed by atoms with E-state index in [1.807, 2.05) is 0 Å². The van der Waals surface area contributed by atoms with Gasteiger partial charge in [0, 0.05) is 5.56 Å². The van der Waals surface area contributed by atoms with Gasteiger partial charge in [0.2, 0.25) is 0 Å². The summed E-state index contributed by atoms with van der Waals surface area (Å²) in [7, 11) is 0. The highest BCUT2D eigenvalue weighted by Crippen LogP contribution is 2.15. The van der Waals surface area contributed by atoms with Crippen molar-refractivity contribution in [3.05, 3.63) is 35.1 Å². The van der Waals surface area contributed by atoms with Crippen LogP contribution in [-0.4, -0.2) is 10.2 Å². The van der Waals surface area contributed by atoms with Crippen LogP contribution in [0.3, 0.4) is 0 Å². The van der Waals surface area contributed by atoms with Crippen molar-refractivity contribution in [2.24, 2.45) is 0 Å². The number of rotatable bonds is 1. The first kappa shape index (κ1) is 8.17. The second-order valence-corrected chi connectivity index (χ2v) is 2.40. The van der Waals surface area contributed by atoms with Crippen molar-refractivity contribution in [2.45, 2.75) is 13.2 Å². The summed E-state index contributed by atoms with van der Waals surface area (Å²) in [5.74, 6) is -0.592. The lowest BCUT2D eigenvalue weighted by molar-refractivity contribution is -0.0449. The molecule has 0 atom stereocenters. The highest BCUT2D eigenvalue weighted by Gasteiger charge is 2.08. The van der Waals surface area contributed by atoms with Crippen LogP contribution in [0.5, 0.6) is 0 Å². The van der Waals surface area contributed by atoms with E-state index in [-0.39, 0.29) is 5.56 Å². The summed E-state index contributed by atoms with van der Waals surface area (Å²) in [4.78, 5) is 0. The molecule has 0 saturated carbocycles. The predicted molar refractivity (Wildman–Crippen MR) is 38.3 cm³/mol. The molecule has 0 aromatic heterocycles. The van der Waals surface area contributed by atoms with E-state index >= 15 is 0 Å². The molecule has 0 spiro atoms. The largest absolute Gasteiger partial charge is 0.364 e. The Hall–Kier alpha value is -0.930. The van der Waals surface area contributed by atoms with Crippen LogP contribution in [0, 0.1) is 12.7 Å². The molecular weight excluding hydrogens is 147 g/mol. The van der Waals surface area contributed by atoms with E-state index in [1.165, 1.54) is 12.1 Å². The van der Waals surface area contributed by atoms with Crippen LogP contribution in [0.15, 0.2) is 18.2 Å². The first-order valence-corrected chi connectivity index (χ1v) is 3.23. The van der Waals surface area contributed by atoms with Crippen molar-refractivity contribution in [2.75, 3.05) is 0 Å². The molecule has 0 aliphatic rings. The lowest BCUT2D eigenvalue weighted by atomic mass is 10.1. The predicted octanol–water partition coefficient (Wildman–Crippen LogP) is 1.12. The van der Waals surface area contributed by atoms with Crippen molar-refractivity contribution in [1.82, 2.24) is 0 Å². The monoisotopic (exact) mass is 156 g/mol. The fourth-order valence-electron chi connectivity index (χ4n) is 0.861. The maximum Gasteiger partial charge on any atom is 0.181 e. The molecule has 2 nitrogen and oxygen atoms in total. The van der Waals surface area contributed by atoms with E-state index in [0.717, 1.165) is 5.56 Å². The van der Waals surface area contributed by atoms with Gasteiger partial charge in [-0.25, -0.2) is 4.39 Å². The molecule has 0 amide bonds. The minimum Gasteiger partial charge on any atom is -0.364 e. The molecule has 0 fully saturated rings. The molecule has 2 N–H and O–H groups in total. The third-order valence-corrected chi connectivity index (χ3v) is 1.43. The first-order valence-electron chi connectivity index (χ1n) is 3.23. The molecular formula is C8H9FO2. The van der Waals surface area contributed by atoms with Crippen LogP contribution in [0.2, 0.25) is 0 Å². The van der Waals surface area contributed by atoms with E-state index in [1.54, 1.807) is 13.0 Å². The number of aliphatic hydroxyl groups excluding tert-OH is 1. The normalized spacial score (nSPS) is 10.6. The fourth-order valence-corrected chi connectivity index (χ4v) is 0.861. The summed E-state index contributed by atoms with van der Waals surface area (Å²) < 4.78 is 12.7. The zero-order chi connectivity index (χ0) is 8.43. The minimum absolute atomic E-state index is 0.0787. The van der Waals surface area contributed by atoms with Crippen molar-refractivity contribution in [3.8, 4) is 0 Å². The van der Waals surface area contributed by atoms with Gasteiger partial charge in [-0.3, -0.25) is 0 Å². The van der Waals surface area contributed by atoms with Crippen molar-refractivity contribution >= 4 is 0 Å². The Morgan fingerprint density at radius 1 is 1.36 bits per heavy atom. The lowest BCUT2D eigenvalue weighted by Gasteiger charge is -2.05. The Labute approximate surface area is 63.9 Å². The van der Waals surface area contributed by atoms with Crippen LogP contribution in [0.25, 0.3) is 0 Å². The second-order valence-electron chi connectivity index (χ2n) is 2.40. The van der Waals surface area contributed by atoms with Crippen molar-refractivity contribution in [3.63, 3.8) is 0 Å². The molecule has 0 bridgehead atoms. The van der Waals surface area contributed by atoms with Crippen LogP contribution in [-0.2, 0) is 0 Å². The number of aryl methyl sites for hydroxylation is 1. The number of hydrogen-bond donors (Lipinski definition) is 2. The molecule has 1 aromatic rings. The van der Waals surface area contributed by atoms with Crippen LogP contribution >= 0.6 is 0 Å². The Morgan fingerprint density at radius 3 is 2.45 bits per heavy atom. The molecule has 0 radical (unpaired) electrons. The highest BCUT2D eigenvalue weighted by molar-refractivity contribution is 5.24. The van der Waals surface area contributed by atoms with Gasteiger partial charge in [-0.1, -0.05) is 11.6 Å². The second kappa shape index (κ2) is 2.98. The van der Waals surface area contributed by atoms with Gasteiger partial charge < -0.3 is 10.2 Å². The fraction of sp³-hybridized carbons (Fsp3) is 0.250. The summed E-state index contributed by atoms with van der Waals surface area (Å²) in [5.41, 5.74) is 0.722. The third-order valence-electron chi connectivity index (χ3n) is 1.43. The Balaban J connectivity index is 3.13. The molecule has 0 saturated heterocycles. The molecule has 0 aliphatic carbocycles. The summed E-state index contributed by atoms with van der Waals surface area (Å²) in [6, 6.07) is 4.19. The molecule has 0 unspecified atom stereocenters. The average Bonchev–Trinajstić information content (AvgIpc) is 1.94. The number of halogens is 1. The molecule has 0 aliphatic heterocycles. The van der Waals surface area contributed by atoms with Gasteiger partial charge in [-0.15, -0.1) is 0 Å². The molecule has 1 aromatic carbocycles. The zero-order valence-electron chi connectivity index (χ0n) is 6.08. The first-order chi connectivity index (χ1) is 5.11.